The van der Waals surface area contributed by atoms with Crippen molar-refractivity contribution in [1.82, 2.24) is 15.0 Å². The molecule has 2 aromatic heterocycles. The monoisotopic (exact) mass is 475 g/mol. The molecule has 1 aliphatic rings. The zero-order chi connectivity index (χ0) is 21.6. The smallest absolute Gasteiger partial charge is 0.340 e. The van der Waals surface area contributed by atoms with Gasteiger partial charge in [-0.25, -0.2) is 14.8 Å². The molecule has 1 aromatic carbocycles. The normalized spacial score (nSPS) is 13.9. The molecule has 0 atom stereocenters. The second-order valence-corrected chi connectivity index (χ2v) is 9.70. The molecule has 11 heteroatoms. The van der Waals surface area contributed by atoms with E-state index in [2.05, 4.69) is 25.2 Å². The van der Waals surface area contributed by atoms with E-state index < -0.39 is 5.97 Å². The van der Waals surface area contributed by atoms with Crippen LogP contribution in [-0.4, -0.2) is 63.8 Å². The van der Waals surface area contributed by atoms with Crippen molar-refractivity contribution in [2.45, 2.75) is 11.9 Å². The number of amides is 1. The predicted molar refractivity (Wildman–Crippen MR) is 127 cm³/mol. The van der Waals surface area contributed by atoms with Gasteiger partial charge in [0.15, 0.2) is 10.8 Å². The average molecular weight is 476 g/mol. The first-order valence-electron chi connectivity index (χ1n) is 9.78. The zero-order valence-corrected chi connectivity index (χ0v) is 19.3. The second kappa shape index (κ2) is 10.3. The highest BCUT2D eigenvalue weighted by molar-refractivity contribution is 8.00. The molecule has 3 heterocycles. The van der Waals surface area contributed by atoms with Crippen molar-refractivity contribution in [2.75, 3.05) is 47.2 Å². The molecule has 0 radical (unpaired) electrons. The van der Waals surface area contributed by atoms with Crippen LogP contribution in [0.25, 0.3) is 10.3 Å². The highest BCUT2D eigenvalue weighted by Gasteiger charge is 2.19. The molecule has 1 saturated heterocycles. The first-order chi connectivity index (χ1) is 15.2. The van der Waals surface area contributed by atoms with Gasteiger partial charge >= 0.3 is 5.97 Å². The van der Waals surface area contributed by atoms with Crippen molar-refractivity contribution in [2.24, 2.45) is 0 Å². The standard InChI is InChI=1S/C20H21N5O3S3/c1-2-28-19(27)13-5-3-4-6-14(13)23-15(26)11-30-18-16-17(21-12-22-18)24-20(31-16)25-7-9-29-10-8-25/h3-6,12H,2,7-11H2,1H3,(H,23,26). The Balaban J connectivity index is 1.44. The SMILES string of the molecule is CCOC(=O)c1ccccc1NC(=O)CSc1ncnc2nc(N3CCSCC3)sc12. The molecule has 31 heavy (non-hydrogen) atoms. The molecule has 162 valence electrons. The van der Waals surface area contributed by atoms with Gasteiger partial charge in [0.2, 0.25) is 5.91 Å². The number of benzene rings is 1. The summed E-state index contributed by atoms with van der Waals surface area (Å²) in [6.45, 7) is 3.96. The summed E-state index contributed by atoms with van der Waals surface area (Å²) >= 11 is 4.85. The Hall–Kier alpha value is -2.37. The quantitative estimate of drug-likeness (QED) is 0.312. The molecule has 1 amide bonds. The van der Waals surface area contributed by atoms with Crippen LogP contribution in [0.2, 0.25) is 0 Å². The molecule has 4 rings (SSSR count). The van der Waals surface area contributed by atoms with Gasteiger partial charge in [-0.05, 0) is 19.1 Å². The van der Waals surface area contributed by atoms with E-state index in [0.29, 0.717) is 16.9 Å². The Kier molecular flexibility index (Phi) is 7.25. The highest BCUT2D eigenvalue weighted by atomic mass is 32.2. The molecule has 0 aliphatic carbocycles. The number of thioether (sulfide) groups is 2. The number of para-hydroxylation sites is 1. The molecule has 1 N–H and O–H groups in total. The lowest BCUT2D eigenvalue weighted by Crippen LogP contribution is -2.32. The number of ether oxygens (including phenoxy) is 1. The maximum Gasteiger partial charge on any atom is 0.340 e. The van der Waals surface area contributed by atoms with E-state index in [4.69, 9.17) is 4.74 Å². The minimum Gasteiger partial charge on any atom is -0.462 e. The van der Waals surface area contributed by atoms with Crippen LogP contribution >= 0.6 is 34.9 Å². The van der Waals surface area contributed by atoms with E-state index in [1.165, 1.54) is 18.1 Å². The summed E-state index contributed by atoms with van der Waals surface area (Å²) in [5.41, 5.74) is 1.42. The largest absolute Gasteiger partial charge is 0.462 e. The number of thiazole rings is 1. The van der Waals surface area contributed by atoms with E-state index in [1.807, 2.05) is 11.8 Å². The van der Waals surface area contributed by atoms with Gasteiger partial charge in [-0.15, -0.1) is 0 Å². The van der Waals surface area contributed by atoms with E-state index in [0.717, 1.165) is 39.5 Å². The Bertz CT molecular complexity index is 1080. The lowest BCUT2D eigenvalue weighted by atomic mass is 10.2. The van der Waals surface area contributed by atoms with Crippen LogP contribution in [0.5, 0.6) is 0 Å². The predicted octanol–water partition coefficient (Wildman–Crippen LogP) is 3.55. The lowest BCUT2D eigenvalue weighted by molar-refractivity contribution is -0.113. The van der Waals surface area contributed by atoms with Crippen LogP contribution in [0.4, 0.5) is 10.8 Å². The third-order valence-electron chi connectivity index (χ3n) is 4.47. The summed E-state index contributed by atoms with van der Waals surface area (Å²) < 4.78 is 5.95. The number of carbonyl (C=O) groups is 2. The van der Waals surface area contributed by atoms with Gasteiger partial charge in [0.05, 0.1) is 23.6 Å². The van der Waals surface area contributed by atoms with E-state index in [-0.39, 0.29) is 18.3 Å². The number of esters is 1. The van der Waals surface area contributed by atoms with Crippen LogP contribution in [-0.2, 0) is 9.53 Å². The number of hydrogen-bond donors (Lipinski definition) is 1. The van der Waals surface area contributed by atoms with Crippen LogP contribution in [0, 0.1) is 0 Å². The molecular formula is C20H21N5O3S3. The molecule has 0 spiro atoms. The fourth-order valence-electron chi connectivity index (χ4n) is 3.01. The maximum atomic E-state index is 12.6. The number of nitrogens with one attached hydrogen (secondary N) is 1. The summed E-state index contributed by atoms with van der Waals surface area (Å²) in [6, 6.07) is 6.81. The number of anilines is 2. The summed E-state index contributed by atoms with van der Waals surface area (Å²) in [5, 5.41) is 4.48. The van der Waals surface area contributed by atoms with E-state index in [1.54, 1.807) is 42.5 Å². The van der Waals surface area contributed by atoms with Crippen molar-refractivity contribution < 1.29 is 14.3 Å². The van der Waals surface area contributed by atoms with Gasteiger partial charge < -0.3 is 15.0 Å². The number of rotatable bonds is 7. The zero-order valence-electron chi connectivity index (χ0n) is 16.9. The van der Waals surface area contributed by atoms with Crippen molar-refractivity contribution in [3.63, 3.8) is 0 Å². The Morgan fingerprint density at radius 3 is 2.84 bits per heavy atom. The maximum absolute atomic E-state index is 12.6. The van der Waals surface area contributed by atoms with Gasteiger partial charge in [0, 0.05) is 24.6 Å². The number of fused-ring (bicyclic) bond motifs is 1. The third kappa shape index (κ3) is 5.28. The fraction of sp³-hybridized carbons (Fsp3) is 0.350. The number of aromatic nitrogens is 3. The Labute approximate surface area is 192 Å². The fourth-order valence-corrected chi connectivity index (χ4v) is 5.86. The second-order valence-electron chi connectivity index (χ2n) is 6.53. The third-order valence-corrected chi connectivity index (χ3v) is 7.64. The molecule has 1 aliphatic heterocycles. The van der Waals surface area contributed by atoms with Gasteiger partial charge in [0.1, 0.15) is 16.1 Å². The van der Waals surface area contributed by atoms with Crippen LogP contribution in [0.3, 0.4) is 0 Å². The number of hydrogen-bond acceptors (Lipinski definition) is 10. The first-order valence-corrected chi connectivity index (χ1v) is 12.7. The molecule has 0 saturated carbocycles. The topological polar surface area (TPSA) is 97.3 Å². The summed E-state index contributed by atoms with van der Waals surface area (Å²) in [4.78, 5) is 40.2. The van der Waals surface area contributed by atoms with Crippen LogP contribution in [0.1, 0.15) is 17.3 Å². The van der Waals surface area contributed by atoms with Gasteiger partial charge in [0.25, 0.3) is 0 Å². The molecular weight excluding hydrogens is 454 g/mol. The van der Waals surface area contributed by atoms with Crippen LogP contribution < -0.4 is 10.2 Å². The Morgan fingerprint density at radius 1 is 1.23 bits per heavy atom. The Morgan fingerprint density at radius 2 is 2.03 bits per heavy atom. The highest BCUT2D eigenvalue weighted by Crippen LogP contribution is 2.34. The average Bonchev–Trinajstić information content (AvgIpc) is 3.24. The minimum absolute atomic E-state index is 0.150. The van der Waals surface area contributed by atoms with E-state index >= 15 is 0 Å². The summed E-state index contributed by atoms with van der Waals surface area (Å²) in [5.74, 6) is 1.65. The molecule has 8 nitrogen and oxygen atoms in total. The van der Waals surface area contributed by atoms with Crippen molar-refractivity contribution in [1.29, 1.82) is 0 Å². The van der Waals surface area contributed by atoms with Gasteiger partial charge in [-0.1, -0.05) is 35.2 Å². The van der Waals surface area contributed by atoms with Crippen LogP contribution in [0.15, 0.2) is 35.6 Å². The number of carbonyl (C=O) groups excluding carboxylic acids is 2. The van der Waals surface area contributed by atoms with Crippen molar-refractivity contribution in [3.8, 4) is 0 Å². The minimum atomic E-state index is -0.461. The lowest BCUT2D eigenvalue weighted by Gasteiger charge is -2.25. The van der Waals surface area contributed by atoms with Gasteiger partial charge in [-0.3, -0.25) is 4.79 Å². The van der Waals surface area contributed by atoms with Crippen molar-refractivity contribution in [3.05, 3.63) is 36.2 Å². The first kappa shape index (κ1) is 21.8. The molecule has 1 fully saturated rings. The summed E-state index contributed by atoms with van der Waals surface area (Å²) in [6.07, 6.45) is 1.48. The van der Waals surface area contributed by atoms with Gasteiger partial charge in [-0.2, -0.15) is 16.7 Å². The molecule has 0 bridgehead atoms. The summed E-state index contributed by atoms with van der Waals surface area (Å²) in [7, 11) is 0. The number of nitrogens with zero attached hydrogens (tertiary/aromatic N) is 4. The molecule has 3 aromatic rings. The molecule has 0 unspecified atom stereocenters. The van der Waals surface area contributed by atoms with E-state index in [9.17, 15) is 9.59 Å². The van der Waals surface area contributed by atoms with Crippen molar-refractivity contribution >= 4 is 67.9 Å².